The number of carbonyl (C=O) groups is 1. The van der Waals surface area contributed by atoms with Crippen molar-refractivity contribution in [3.05, 3.63) is 24.3 Å². The Bertz CT molecular complexity index is 936. The summed E-state index contributed by atoms with van der Waals surface area (Å²) in [5, 5.41) is 33.7. The fourth-order valence-corrected chi connectivity index (χ4v) is 9.12. The molecule has 5 nitrogen and oxygen atoms in total. The summed E-state index contributed by atoms with van der Waals surface area (Å²) in [6, 6.07) is -0.830. The second kappa shape index (κ2) is 53.4. The van der Waals surface area contributed by atoms with Crippen LogP contribution in [0.4, 0.5) is 0 Å². The highest BCUT2D eigenvalue weighted by atomic mass is 16.3. The van der Waals surface area contributed by atoms with E-state index >= 15 is 0 Å². The molecule has 4 N–H and O–H groups in total. The first-order valence-electron chi connectivity index (χ1n) is 28.6. The molecule has 0 fully saturated rings. The molecule has 5 heteroatoms. The van der Waals surface area contributed by atoms with Crippen LogP contribution in [0.25, 0.3) is 0 Å². The van der Waals surface area contributed by atoms with Crippen LogP contribution in [0.1, 0.15) is 316 Å². The summed E-state index contributed by atoms with van der Waals surface area (Å²) >= 11 is 0. The number of allylic oxidation sites excluding steroid dienone is 4. The number of nitrogens with one attached hydrogen (secondary N) is 1. The molecule has 0 aromatic heterocycles. The molecule has 0 aromatic carbocycles. The fourth-order valence-electron chi connectivity index (χ4n) is 9.12. The molecule has 0 saturated carbocycles. The van der Waals surface area contributed by atoms with Crippen molar-refractivity contribution < 1.29 is 20.1 Å². The molecule has 374 valence electrons. The largest absolute Gasteiger partial charge is 0.394 e. The predicted octanol–water partition coefficient (Wildman–Crippen LogP) is 17.7. The second-order valence-electron chi connectivity index (χ2n) is 19.8. The van der Waals surface area contributed by atoms with Crippen molar-refractivity contribution in [1.29, 1.82) is 0 Å². The van der Waals surface area contributed by atoms with E-state index in [0.29, 0.717) is 12.8 Å². The average Bonchev–Trinajstić information content (AvgIpc) is 3.29. The van der Waals surface area contributed by atoms with Crippen molar-refractivity contribution in [3.8, 4) is 0 Å². The van der Waals surface area contributed by atoms with E-state index in [0.717, 1.165) is 44.9 Å². The van der Waals surface area contributed by atoms with Gasteiger partial charge in [-0.1, -0.05) is 282 Å². The van der Waals surface area contributed by atoms with Crippen molar-refractivity contribution in [2.75, 3.05) is 6.61 Å². The molecular weight excluding hydrogens is 775 g/mol. The lowest BCUT2D eigenvalue weighted by Gasteiger charge is -2.26. The van der Waals surface area contributed by atoms with Crippen molar-refractivity contribution in [1.82, 2.24) is 5.32 Å². The molecule has 1 amide bonds. The molecule has 0 bridgehead atoms. The van der Waals surface area contributed by atoms with E-state index in [2.05, 4.69) is 43.5 Å². The first-order valence-corrected chi connectivity index (χ1v) is 28.6. The van der Waals surface area contributed by atoms with E-state index in [9.17, 15) is 20.1 Å². The number of hydrogen-bond acceptors (Lipinski definition) is 4. The van der Waals surface area contributed by atoms with Gasteiger partial charge in [0.05, 0.1) is 18.8 Å². The molecule has 0 aromatic rings. The lowest BCUT2D eigenvalue weighted by Crippen LogP contribution is -2.50. The third kappa shape index (κ3) is 48.6. The summed E-state index contributed by atoms with van der Waals surface area (Å²) < 4.78 is 0. The fraction of sp³-hybridized carbons (Fsp3) is 0.914. The Labute approximate surface area is 394 Å². The van der Waals surface area contributed by atoms with Gasteiger partial charge in [0, 0.05) is 6.42 Å². The van der Waals surface area contributed by atoms with Gasteiger partial charge in [-0.25, -0.2) is 0 Å². The van der Waals surface area contributed by atoms with Crippen molar-refractivity contribution in [2.24, 2.45) is 0 Å². The summed E-state index contributed by atoms with van der Waals surface area (Å²) in [7, 11) is 0. The standard InChI is InChI=1S/C58H113NO4/c1-3-5-7-9-11-13-15-17-19-21-23-25-27-28-29-31-33-35-37-39-41-43-45-47-49-51-53-57(62)59-55(54-60)58(63)56(61)52-50-48-46-44-42-40-38-36-34-32-30-26-24-22-20-18-16-14-12-10-8-6-4-2/h36,38,44,46,55-56,58,60-61,63H,3-35,37,39-43,45,47-54H2,1-2H3,(H,59,62)/b38-36+,46-44+. The monoisotopic (exact) mass is 888 g/mol. The zero-order valence-corrected chi connectivity index (χ0v) is 42.7. The molecule has 3 atom stereocenters. The SMILES string of the molecule is CCCCCCCCCCCCCCCC/C=C/CC/C=C/CCCC(O)C(O)C(CO)NC(=O)CCCCCCCCCCCCCCCCCCCCCCCCCCCC. The lowest BCUT2D eigenvalue weighted by molar-refractivity contribution is -0.124. The van der Waals surface area contributed by atoms with Crippen LogP contribution in [0.2, 0.25) is 0 Å². The number of hydrogen-bond donors (Lipinski definition) is 4. The molecule has 0 aliphatic carbocycles. The van der Waals surface area contributed by atoms with E-state index in [4.69, 9.17) is 0 Å². The van der Waals surface area contributed by atoms with Crippen LogP contribution in [0.5, 0.6) is 0 Å². The van der Waals surface area contributed by atoms with E-state index in [1.54, 1.807) is 0 Å². The highest BCUT2D eigenvalue weighted by molar-refractivity contribution is 5.76. The minimum atomic E-state index is -1.17. The van der Waals surface area contributed by atoms with Gasteiger partial charge in [0.15, 0.2) is 0 Å². The van der Waals surface area contributed by atoms with E-state index in [-0.39, 0.29) is 12.5 Å². The number of rotatable bonds is 53. The normalized spacial score (nSPS) is 13.4. The molecule has 0 aliphatic rings. The van der Waals surface area contributed by atoms with Gasteiger partial charge in [0.25, 0.3) is 0 Å². The Balaban J connectivity index is 3.56. The summed E-state index contributed by atoms with van der Waals surface area (Å²) in [6.45, 7) is 4.21. The third-order valence-electron chi connectivity index (χ3n) is 13.5. The lowest BCUT2D eigenvalue weighted by atomic mass is 10.0. The highest BCUT2D eigenvalue weighted by Crippen LogP contribution is 2.18. The Morgan fingerprint density at radius 3 is 0.968 bits per heavy atom. The molecule has 0 rings (SSSR count). The quantitative estimate of drug-likeness (QED) is 0.0362. The molecule has 3 unspecified atom stereocenters. The second-order valence-corrected chi connectivity index (χ2v) is 19.8. The molecular formula is C58H113NO4. The van der Waals surface area contributed by atoms with Crippen LogP contribution < -0.4 is 5.32 Å². The van der Waals surface area contributed by atoms with Crippen LogP contribution in [0.15, 0.2) is 24.3 Å². The number of aliphatic hydroxyl groups excluding tert-OH is 3. The molecule has 63 heavy (non-hydrogen) atoms. The highest BCUT2D eigenvalue weighted by Gasteiger charge is 2.26. The first kappa shape index (κ1) is 61.8. The zero-order valence-electron chi connectivity index (χ0n) is 42.7. The maximum atomic E-state index is 12.5. The summed E-state index contributed by atoms with van der Waals surface area (Å²) in [5.41, 5.74) is 0. The minimum Gasteiger partial charge on any atom is -0.394 e. The van der Waals surface area contributed by atoms with Crippen molar-refractivity contribution in [3.63, 3.8) is 0 Å². The summed E-state index contributed by atoms with van der Waals surface area (Å²) in [4.78, 5) is 12.5. The van der Waals surface area contributed by atoms with Crippen LogP contribution in [0.3, 0.4) is 0 Å². The maximum absolute atomic E-state index is 12.5. The van der Waals surface area contributed by atoms with Crippen molar-refractivity contribution in [2.45, 2.75) is 334 Å². The van der Waals surface area contributed by atoms with Crippen LogP contribution in [0, 0.1) is 0 Å². The summed E-state index contributed by atoms with van der Waals surface area (Å²) in [5.74, 6) is -0.152. The molecule has 0 saturated heterocycles. The van der Waals surface area contributed by atoms with Gasteiger partial charge in [-0.2, -0.15) is 0 Å². The molecule has 0 spiro atoms. The minimum absolute atomic E-state index is 0.152. The Kier molecular flexibility index (Phi) is 52.5. The van der Waals surface area contributed by atoms with E-state index < -0.39 is 18.2 Å². The Morgan fingerprint density at radius 2 is 0.651 bits per heavy atom. The Hall–Kier alpha value is -1.17. The number of aliphatic hydroxyl groups is 3. The summed E-state index contributed by atoms with van der Waals surface area (Å²) in [6.07, 6.45) is 67.7. The van der Waals surface area contributed by atoms with Crippen LogP contribution in [-0.4, -0.2) is 46.1 Å². The van der Waals surface area contributed by atoms with Gasteiger partial charge < -0.3 is 20.6 Å². The van der Waals surface area contributed by atoms with Gasteiger partial charge in [-0.15, -0.1) is 0 Å². The van der Waals surface area contributed by atoms with Crippen LogP contribution in [-0.2, 0) is 4.79 Å². The van der Waals surface area contributed by atoms with Gasteiger partial charge in [0.1, 0.15) is 6.10 Å². The number of amides is 1. The smallest absolute Gasteiger partial charge is 0.220 e. The number of carbonyl (C=O) groups excluding carboxylic acids is 1. The maximum Gasteiger partial charge on any atom is 0.220 e. The molecule has 0 aliphatic heterocycles. The van der Waals surface area contributed by atoms with E-state index in [1.165, 1.54) is 244 Å². The van der Waals surface area contributed by atoms with Crippen molar-refractivity contribution >= 4 is 5.91 Å². The van der Waals surface area contributed by atoms with Gasteiger partial charge in [-0.3, -0.25) is 4.79 Å². The van der Waals surface area contributed by atoms with Crippen LogP contribution >= 0.6 is 0 Å². The zero-order chi connectivity index (χ0) is 45.8. The van der Waals surface area contributed by atoms with Gasteiger partial charge in [-0.05, 0) is 51.4 Å². The average molecular weight is 889 g/mol. The van der Waals surface area contributed by atoms with E-state index in [1.807, 2.05) is 0 Å². The molecule has 0 radical (unpaired) electrons. The topological polar surface area (TPSA) is 89.8 Å². The molecule has 0 heterocycles. The van der Waals surface area contributed by atoms with Gasteiger partial charge >= 0.3 is 0 Å². The Morgan fingerprint density at radius 1 is 0.381 bits per heavy atom. The predicted molar refractivity (Wildman–Crippen MR) is 278 cm³/mol. The van der Waals surface area contributed by atoms with Gasteiger partial charge in [0.2, 0.25) is 5.91 Å². The first-order chi connectivity index (χ1) is 31.1. The number of unbranched alkanes of at least 4 members (excludes halogenated alkanes) is 41. The third-order valence-corrected chi connectivity index (χ3v) is 13.5.